The van der Waals surface area contributed by atoms with Crippen LogP contribution in [0.4, 0.5) is 0 Å². The van der Waals surface area contributed by atoms with Crippen LogP contribution in [0.5, 0.6) is 0 Å². The molecule has 0 atom stereocenters. The third-order valence-electron chi connectivity index (χ3n) is 1.14. The molecule has 0 bridgehead atoms. The minimum atomic E-state index is 0.995. The van der Waals surface area contributed by atoms with Gasteiger partial charge in [-0.3, -0.25) is 0 Å². The van der Waals surface area contributed by atoms with Crippen LogP contribution in [0.3, 0.4) is 0 Å². The Balaban J connectivity index is 4.10. The molecule has 0 unspecified atom stereocenters. The molecular formula is C10H12. The fourth-order valence-electron chi connectivity index (χ4n) is 0.539. The largest absolute Gasteiger partial charge is 0.0925 e. The first-order valence-corrected chi connectivity index (χ1v) is 3.43. The lowest BCUT2D eigenvalue weighted by Gasteiger charge is -1.85. The van der Waals surface area contributed by atoms with Crippen molar-refractivity contribution in [2.75, 3.05) is 0 Å². The average molecular weight is 132 g/mol. The lowest BCUT2D eigenvalue weighted by molar-refractivity contribution is 1.16. The quantitative estimate of drug-likeness (QED) is 0.480. The maximum atomic E-state index is 2.96. The second-order valence-electron chi connectivity index (χ2n) is 1.79. The van der Waals surface area contributed by atoms with E-state index in [0.29, 0.717) is 0 Å². The second-order valence-corrected chi connectivity index (χ2v) is 1.79. The summed E-state index contributed by atoms with van der Waals surface area (Å²) in [7, 11) is 0. The lowest BCUT2D eigenvalue weighted by Crippen LogP contribution is -1.71. The Hall–Kier alpha value is -1.14. The molecule has 0 radical (unpaired) electrons. The molecule has 0 aromatic carbocycles. The minimum Gasteiger partial charge on any atom is -0.0925 e. The summed E-state index contributed by atoms with van der Waals surface area (Å²) in [5, 5.41) is 0. The zero-order chi connectivity index (χ0) is 7.82. The Morgan fingerprint density at radius 3 is 2.50 bits per heavy atom. The number of hydrogen-bond acceptors (Lipinski definition) is 0. The highest BCUT2D eigenvalue weighted by molar-refractivity contribution is 5.35. The lowest BCUT2D eigenvalue weighted by atomic mass is 10.2. The van der Waals surface area contributed by atoms with Gasteiger partial charge in [0, 0.05) is 0 Å². The van der Waals surface area contributed by atoms with Crippen molar-refractivity contribution in [3.8, 4) is 23.7 Å². The summed E-state index contributed by atoms with van der Waals surface area (Å²) in [6.07, 6.45) is 3.01. The summed E-state index contributed by atoms with van der Waals surface area (Å²) in [5.41, 5.74) is 1.16. The van der Waals surface area contributed by atoms with Crippen LogP contribution >= 0.6 is 0 Å². The molecular weight excluding hydrogens is 120 g/mol. The molecule has 0 rings (SSSR count). The van der Waals surface area contributed by atoms with Gasteiger partial charge < -0.3 is 0 Å². The molecule has 0 amide bonds. The Morgan fingerprint density at radius 2 is 2.10 bits per heavy atom. The molecule has 0 heterocycles. The Labute approximate surface area is 63.3 Å². The van der Waals surface area contributed by atoms with Crippen molar-refractivity contribution < 1.29 is 0 Å². The van der Waals surface area contributed by atoms with Crippen LogP contribution in [0, 0.1) is 23.7 Å². The first-order chi connectivity index (χ1) is 4.85. The van der Waals surface area contributed by atoms with Gasteiger partial charge in [0.25, 0.3) is 0 Å². The van der Waals surface area contributed by atoms with Gasteiger partial charge in [-0.25, -0.2) is 0 Å². The summed E-state index contributed by atoms with van der Waals surface area (Å²) in [5.74, 6) is 11.1. The first-order valence-electron chi connectivity index (χ1n) is 3.43. The molecule has 0 nitrogen and oxygen atoms in total. The van der Waals surface area contributed by atoms with E-state index >= 15 is 0 Å². The molecule has 0 saturated carbocycles. The van der Waals surface area contributed by atoms with E-state index in [1.54, 1.807) is 6.92 Å². The van der Waals surface area contributed by atoms with Crippen molar-refractivity contribution in [1.82, 2.24) is 0 Å². The molecule has 0 fully saturated rings. The van der Waals surface area contributed by atoms with E-state index in [2.05, 4.69) is 30.6 Å². The van der Waals surface area contributed by atoms with E-state index < -0.39 is 0 Å². The maximum absolute atomic E-state index is 2.96. The molecule has 0 spiro atoms. The van der Waals surface area contributed by atoms with Crippen LogP contribution in [-0.2, 0) is 0 Å². The predicted octanol–water partition coefficient (Wildman–Crippen LogP) is 2.37. The first kappa shape index (κ1) is 8.86. The van der Waals surface area contributed by atoms with Gasteiger partial charge in [0.15, 0.2) is 0 Å². The normalized spacial score (nSPS) is 8.90. The smallest absolute Gasteiger partial charge is 0.00148 e. The van der Waals surface area contributed by atoms with Gasteiger partial charge in [-0.2, -0.15) is 0 Å². The van der Waals surface area contributed by atoms with Gasteiger partial charge in [0.05, 0.1) is 0 Å². The van der Waals surface area contributed by atoms with Crippen LogP contribution in [0.15, 0.2) is 11.6 Å². The van der Waals surface area contributed by atoms with E-state index in [-0.39, 0.29) is 0 Å². The van der Waals surface area contributed by atoms with E-state index in [4.69, 9.17) is 0 Å². The molecule has 0 saturated heterocycles. The standard InChI is InChI=1S/C10H12/c1-4-7-8-9-10(5-2)6-3/h5H,6H2,1-3H3. The second kappa shape index (κ2) is 5.99. The summed E-state index contributed by atoms with van der Waals surface area (Å²) in [6.45, 7) is 5.87. The topological polar surface area (TPSA) is 0 Å². The van der Waals surface area contributed by atoms with Crippen LogP contribution < -0.4 is 0 Å². The zero-order valence-electron chi connectivity index (χ0n) is 6.78. The number of hydrogen-bond donors (Lipinski definition) is 0. The van der Waals surface area contributed by atoms with Gasteiger partial charge in [0.2, 0.25) is 0 Å². The minimum absolute atomic E-state index is 0.995. The third-order valence-corrected chi connectivity index (χ3v) is 1.14. The molecule has 0 aromatic heterocycles. The summed E-state index contributed by atoms with van der Waals surface area (Å²) >= 11 is 0. The third kappa shape index (κ3) is 3.81. The van der Waals surface area contributed by atoms with Crippen LogP contribution in [0.2, 0.25) is 0 Å². The van der Waals surface area contributed by atoms with Crippen LogP contribution in [0.1, 0.15) is 27.2 Å². The van der Waals surface area contributed by atoms with Crippen molar-refractivity contribution in [3.05, 3.63) is 11.6 Å². The van der Waals surface area contributed by atoms with Gasteiger partial charge in [-0.1, -0.05) is 24.8 Å². The Kier molecular flexibility index (Phi) is 5.30. The summed E-state index contributed by atoms with van der Waals surface area (Å²) in [6, 6.07) is 0. The predicted molar refractivity (Wildman–Crippen MR) is 45.3 cm³/mol. The van der Waals surface area contributed by atoms with Gasteiger partial charge in [0.1, 0.15) is 0 Å². The van der Waals surface area contributed by atoms with Crippen molar-refractivity contribution in [3.63, 3.8) is 0 Å². The fourth-order valence-corrected chi connectivity index (χ4v) is 0.539. The molecule has 0 aliphatic carbocycles. The van der Waals surface area contributed by atoms with Crippen LogP contribution in [0.25, 0.3) is 0 Å². The monoisotopic (exact) mass is 132 g/mol. The van der Waals surface area contributed by atoms with E-state index in [9.17, 15) is 0 Å². The summed E-state index contributed by atoms with van der Waals surface area (Å²) in [4.78, 5) is 0. The average Bonchev–Trinajstić information content (AvgIpc) is 1.99. The number of rotatable bonds is 1. The highest BCUT2D eigenvalue weighted by atomic mass is 13.8. The fraction of sp³-hybridized carbons (Fsp3) is 0.400. The molecule has 0 heteroatoms. The van der Waals surface area contributed by atoms with Crippen LogP contribution in [-0.4, -0.2) is 0 Å². The van der Waals surface area contributed by atoms with Crippen molar-refractivity contribution in [2.24, 2.45) is 0 Å². The van der Waals surface area contributed by atoms with Gasteiger partial charge in [-0.05, 0) is 37.7 Å². The molecule has 0 aliphatic heterocycles. The van der Waals surface area contributed by atoms with E-state index in [1.165, 1.54) is 0 Å². The van der Waals surface area contributed by atoms with E-state index in [1.807, 2.05) is 13.0 Å². The summed E-state index contributed by atoms with van der Waals surface area (Å²) < 4.78 is 0. The molecule has 0 aliphatic rings. The molecule has 0 N–H and O–H groups in total. The molecule has 10 heavy (non-hydrogen) atoms. The van der Waals surface area contributed by atoms with Gasteiger partial charge in [-0.15, -0.1) is 0 Å². The number of allylic oxidation sites excluding steroid dienone is 2. The zero-order valence-corrected chi connectivity index (χ0v) is 6.78. The highest BCUT2D eigenvalue weighted by Crippen LogP contribution is 1.95. The van der Waals surface area contributed by atoms with Crippen molar-refractivity contribution >= 4 is 0 Å². The maximum Gasteiger partial charge on any atom is -0.00148 e. The Morgan fingerprint density at radius 1 is 1.40 bits per heavy atom. The van der Waals surface area contributed by atoms with Gasteiger partial charge >= 0.3 is 0 Å². The van der Waals surface area contributed by atoms with Crippen molar-refractivity contribution in [2.45, 2.75) is 27.2 Å². The molecule has 0 aromatic rings. The SMILES string of the molecule is CC#CC#CC(=CC)CC. The van der Waals surface area contributed by atoms with Crippen molar-refractivity contribution in [1.29, 1.82) is 0 Å². The highest BCUT2D eigenvalue weighted by Gasteiger charge is 1.80. The Bertz CT molecular complexity index is 222. The molecule has 52 valence electrons. The van der Waals surface area contributed by atoms with E-state index in [0.717, 1.165) is 12.0 Å².